The van der Waals surface area contributed by atoms with E-state index < -0.39 is 5.97 Å². The van der Waals surface area contributed by atoms with Crippen LogP contribution in [0.5, 0.6) is 0 Å². The van der Waals surface area contributed by atoms with Crippen LogP contribution in [-0.4, -0.2) is 27.1 Å². The number of carboxylic acids is 1. The van der Waals surface area contributed by atoms with Crippen LogP contribution in [0.3, 0.4) is 0 Å². The third-order valence-corrected chi connectivity index (χ3v) is 4.00. The average molecular weight is 247 g/mol. The van der Waals surface area contributed by atoms with E-state index in [1.54, 1.807) is 6.33 Å². The quantitative estimate of drug-likeness (QED) is 0.849. The first-order valence-corrected chi connectivity index (χ1v) is 6.56. The Morgan fingerprint density at radius 3 is 3.00 bits per heavy atom. The lowest BCUT2D eigenvalue weighted by molar-refractivity contribution is -0.141. The molecule has 0 saturated heterocycles. The molecule has 5 heteroatoms. The van der Waals surface area contributed by atoms with Crippen molar-refractivity contribution in [3.05, 3.63) is 17.6 Å². The smallest absolute Gasteiger partial charge is 0.306 e. The number of aromatic nitrogens is 2. The van der Waals surface area contributed by atoms with Crippen molar-refractivity contribution in [3.8, 4) is 0 Å². The van der Waals surface area contributed by atoms with Gasteiger partial charge in [0.05, 0.1) is 5.92 Å². The lowest BCUT2D eigenvalue weighted by Gasteiger charge is -2.15. The van der Waals surface area contributed by atoms with Crippen LogP contribution in [0.4, 0.5) is 5.82 Å². The van der Waals surface area contributed by atoms with E-state index in [0.717, 1.165) is 43.6 Å². The molecule has 2 N–H and O–H groups in total. The van der Waals surface area contributed by atoms with Crippen LogP contribution >= 0.6 is 0 Å². The summed E-state index contributed by atoms with van der Waals surface area (Å²) >= 11 is 0. The summed E-state index contributed by atoms with van der Waals surface area (Å²) in [5.74, 6) is 0.0538. The van der Waals surface area contributed by atoms with Crippen LogP contribution in [0.25, 0.3) is 0 Å². The van der Waals surface area contributed by atoms with E-state index in [1.807, 2.05) is 0 Å². The molecule has 0 unspecified atom stereocenters. The first kappa shape index (κ1) is 11.4. The maximum Gasteiger partial charge on any atom is 0.306 e. The van der Waals surface area contributed by atoms with Gasteiger partial charge in [-0.2, -0.15) is 0 Å². The molecule has 0 aliphatic heterocycles. The Kier molecular flexibility index (Phi) is 2.89. The second-order valence-electron chi connectivity index (χ2n) is 5.19. The minimum atomic E-state index is -0.674. The minimum absolute atomic E-state index is 0.197. The summed E-state index contributed by atoms with van der Waals surface area (Å²) < 4.78 is 0. The molecule has 1 aromatic heterocycles. The Hall–Kier alpha value is -1.65. The maximum absolute atomic E-state index is 10.9. The number of fused-ring (bicyclic) bond motifs is 1. The Morgan fingerprint density at radius 2 is 2.22 bits per heavy atom. The molecule has 0 spiro atoms. The van der Waals surface area contributed by atoms with Crippen molar-refractivity contribution in [2.24, 2.45) is 5.92 Å². The number of nitrogens with zero attached hydrogens (tertiary/aromatic N) is 2. The topological polar surface area (TPSA) is 75.1 Å². The molecular formula is C13H17N3O2. The van der Waals surface area contributed by atoms with Gasteiger partial charge < -0.3 is 10.4 Å². The number of rotatable bonds is 3. The molecule has 2 aliphatic rings. The zero-order chi connectivity index (χ0) is 12.5. The second-order valence-corrected chi connectivity index (χ2v) is 5.19. The first-order chi connectivity index (χ1) is 8.74. The molecule has 0 bridgehead atoms. The Balaban J connectivity index is 1.71. The predicted octanol–water partition coefficient (Wildman–Crippen LogP) is 1.63. The molecule has 1 saturated carbocycles. The predicted molar refractivity (Wildman–Crippen MR) is 66.4 cm³/mol. The summed E-state index contributed by atoms with van der Waals surface area (Å²) in [7, 11) is 0. The number of anilines is 1. The van der Waals surface area contributed by atoms with Gasteiger partial charge in [0.15, 0.2) is 0 Å². The third-order valence-electron chi connectivity index (χ3n) is 4.00. The molecular weight excluding hydrogens is 230 g/mol. The highest BCUT2D eigenvalue weighted by Crippen LogP contribution is 2.31. The highest BCUT2D eigenvalue weighted by atomic mass is 16.4. The lowest BCUT2D eigenvalue weighted by Crippen LogP contribution is -2.19. The zero-order valence-electron chi connectivity index (χ0n) is 10.2. The number of carboxylic acid groups (broad SMARTS) is 1. The van der Waals surface area contributed by atoms with Gasteiger partial charge in [-0.3, -0.25) is 4.79 Å². The summed E-state index contributed by atoms with van der Waals surface area (Å²) in [6.45, 7) is 0. The number of nitrogens with one attached hydrogen (secondary N) is 1. The fourth-order valence-electron chi connectivity index (χ4n) is 3.01. The maximum atomic E-state index is 10.9. The summed E-state index contributed by atoms with van der Waals surface area (Å²) in [6.07, 6.45) is 7.20. The van der Waals surface area contributed by atoms with Gasteiger partial charge in [0.1, 0.15) is 12.1 Å². The van der Waals surface area contributed by atoms with Gasteiger partial charge in [0.2, 0.25) is 0 Å². The van der Waals surface area contributed by atoms with Crippen LogP contribution in [0.2, 0.25) is 0 Å². The molecule has 1 aromatic rings. The fraction of sp³-hybridized carbons (Fsp3) is 0.615. The van der Waals surface area contributed by atoms with Crippen LogP contribution in [0.15, 0.2) is 6.33 Å². The van der Waals surface area contributed by atoms with Gasteiger partial charge in [-0.05, 0) is 38.5 Å². The molecule has 2 aliphatic carbocycles. The number of hydrogen-bond donors (Lipinski definition) is 2. The van der Waals surface area contributed by atoms with Crippen molar-refractivity contribution in [2.75, 3.05) is 5.32 Å². The van der Waals surface area contributed by atoms with E-state index in [0.29, 0.717) is 6.42 Å². The van der Waals surface area contributed by atoms with Gasteiger partial charge in [0, 0.05) is 17.3 Å². The average Bonchev–Trinajstić information content (AvgIpc) is 2.97. The van der Waals surface area contributed by atoms with E-state index in [9.17, 15) is 4.79 Å². The highest BCUT2D eigenvalue weighted by Gasteiger charge is 2.30. The standard InChI is InChI=1S/C13H17N3O2/c17-13(18)8-4-5-9(6-8)16-12-10-2-1-3-11(10)14-7-15-12/h7-9H,1-6H2,(H,17,18)(H,14,15,16)/t8-,9+/m1/s1. The van der Waals surface area contributed by atoms with E-state index in [1.165, 1.54) is 5.56 Å². The number of aryl methyl sites for hydroxylation is 1. The third kappa shape index (κ3) is 2.05. The van der Waals surface area contributed by atoms with Crippen LogP contribution in [0, 0.1) is 5.92 Å². The molecule has 0 amide bonds. The Morgan fingerprint density at radius 1 is 1.33 bits per heavy atom. The van der Waals surface area contributed by atoms with E-state index >= 15 is 0 Å². The van der Waals surface area contributed by atoms with E-state index in [4.69, 9.17) is 5.11 Å². The highest BCUT2D eigenvalue weighted by molar-refractivity contribution is 5.70. The molecule has 1 fully saturated rings. The molecule has 18 heavy (non-hydrogen) atoms. The molecule has 5 nitrogen and oxygen atoms in total. The van der Waals surface area contributed by atoms with Gasteiger partial charge in [-0.15, -0.1) is 0 Å². The fourth-order valence-corrected chi connectivity index (χ4v) is 3.01. The largest absolute Gasteiger partial charge is 0.481 e. The molecule has 1 heterocycles. The Bertz CT molecular complexity index is 475. The first-order valence-electron chi connectivity index (χ1n) is 6.56. The zero-order valence-corrected chi connectivity index (χ0v) is 10.2. The van der Waals surface area contributed by atoms with Gasteiger partial charge in [-0.1, -0.05) is 0 Å². The van der Waals surface area contributed by atoms with Gasteiger partial charge in [0.25, 0.3) is 0 Å². The summed E-state index contributed by atoms with van der Waals surface area (Å²) in [4.78, 5) is 19.5. The summed E-state index contributed by atoms with van der Waals surface area (Å²) in [5.41, 5.74) is 2.39. The normalized spacial score (nSPS) is 26.0. The van der Waals surface area contributed by atoms with Crippen molar-refractivity contribution in [1.82, 2.24) is 9.97 Å². The number of aliphatic carboxylic acids is 1. The van der Waals surface area contributed by atoms with Gasteiger partial charge >= 0.3 is 5.97 Å². The summed E-state index contributed by atoms with van der Waals surface area (Å²) in [5, 5.41) is 12.4. The van der Waals surface area contributed by atoms with E-state index in [2.05, 4.69) is 15.3 Å². The molecule has 3 rings (SSSR count). The monoisotopic (exact) mass is 247 g/mol. The van der Waals surface area contributed by atoms with Crippen molar-refractivity contribution in [1.29, 1.82) is 0 Å². The van der Waals surface area contributed by atoms with Crippen molar-refractivity contribution >= 4 is 11.8 Å². The van der Waals surface area contributed by atoms with Crippen molar-refractivity contribution in [3.63, 3.8) is 0 Å². The van der Waals surface area contributed by atoms with Crippen LogP contribution in [0.1, 0.15) is 36.9 Å². The van der Waals surface area contributed by atoms with Crippen molar-refractivity contribution in [2.45, 2.75) is 44.6 Å². The lowest BCUT2D eigenvalue weighted by atomic mass is 10.1. The Labute approximate surface area is 106 Å². The molecule has 96 valence electrons. The number of hydrogen-bond acceptors (Lipinski definition) is 4. The molecule has 0 radical (unpaired) electrons. The van der Waals surface area contributed by atoms with Crippen LogP contribution < -0.4 is 5.32 Å². The van der Waals surface area contributed by atoms with Crippen molar-refractivity contribution < 1.29 is 9.90 Å². The number of carbonyl (C=O) groups is 1. The van der Waals surface area contributed by atoms with Crippen LogP contribution in [-0.2, 0) is 17.6 Å². The minimum Gasteiger partial charge on any atom is -0.481 e. The molecule has 2 atom stereocenters. The van der Waals surface area contributed by atoms with E-state index in [-0.39, 0.29) is 12.0 Å². The second kappa shape index (κ2) is 4.55. The van der Waals surface area contributed by atoms with Gasteiger partial charge in [-0.25, -0.2) is 9.97 Å². The summed E-state index contributed by atoms with van der Waals surface area (Å²) in [6, 6.07) is 0.241. The SMILES string of the molecule is O=C(O)[C@@H]1CC[C@H](Nc2ncnc3c2CCC3)C1. The molecule has 0 aromatic carbocycles.